The highest BCUT2D eigenvalue weighted by Gasteiger charge is 2.28. The number of primary amides is 1. The van der Waals surface area contributed by atoms with E-state index in [9.17, 15) is 14.4 Å². The van der Waals surface area contributed by atoms with Gasteiger partial charge in [0.25, 0.3) is 5.91 Å². The van der Waals surface area contributed by atoms with Gasteiger partial charge in [-0.3, -0.25) is 19.3 Å². The van der Waals surface area contributed by atoms with Crippen LogP contribution in [0.25, 0.3) is 10.2 Å². The van der Waals surface area contributed by atoms with Gasteiger partial charge in [0.05, 0.1) is 21.7 Å². The number of esters is 1. The predicted molar refractivity (Wildman–Crippen MR) is 126 cm³/mol. The van der Waals surface area contributed by atoms with Crippen molar-refractivity contribution in [2.45, 2.75) is 19.8 Å². The Morgan fingerprint density at radius 2 is 1.94 bits per heavy atom. The molecule has 0 spiro atoms. The molecule has 0 aliphatic carbocycles. The van der Waals surface area contributed by atoms with Gasteiger partial charge < -0.3 is 15.4 Å². The van der Waals surface area contributed by atoms with Crippen LogP contribution >= 0.6 is 11.3 Å². The number of nitrogens with two attached hydrogens (primary N) is 1. The van der Waals surface area contributed by atoms with E-state index in [0.717, 1.165) is 16.0 Å². The normalized spacial score (nSPS) is 14.3. The van der Waals surface area contributed by atoms with Gasteiger partial charge >= 0.3 is 5.97 Å². The lowest BCUT2D eigenvalue weighted by Gasteiger charge is -2.31. The third kappa shape index (κ3) is 5.11. The van der Waals surface area contributed by atoms with Crippen molar-refractivity contribution in [2.75, 3.05) is 36.0 Å². The Kier molecular flexibility index (Phi) is 6.83. The molecular weight excluding hydrogens is 442 g/mol. The lowest BCUT2D eigenvalue weighted by Crippen LogP contribution is -2.39. The molecule has 1 saturated heterocycles. The first-order valence-electron chi connectivity index (χ1n) is 10.8. The second-order valence-corrected chi connectivity index (χ2v) is 8.75. The number of fused-ring (bicyclic) bond motifs is 1. The molecule has 10 heteroatoms. The van der Waals surface area contributed by atoms with E-state index in [1.54, 1.807) is 17.0 Å². The van der Waals surface area contributed by atoms with Crippen LogP contribution in [-0.2, 0) is 14.3 Å². The van der Waals surface area contributed by atoms with Crippen LogP contribution in [0.4, 0.5) is 10.9 Å². The van der Waals surface area contributed by atoms with Gasteiger partial charge in [0.1, 0.15) is 5.82 Å². The number of likely N-dealkylation sites (N-methyl/N-ethyl adjacent to an activating group) is 1. The molecule has 1 fully saturated rings. The summed E-state index contributed by atoms with van der Waals surface area (Å²) < 4.78 is 6.37. The predicted octanol–water partition coefficient (Wildman–Crippen LogP) is 2.60. The number of piperidine rings is 1. The molecule has 172 valence electrons. The summed E-state index contributed by atoms with van der Waals surface area (Å²) in [6.45, 7) is 3.26. The highest BCUT2D eigenvalue weighted by molar-refractivity contribution is 7.22. The van der Waals surface area contributed by atoms with Crippen LogP contribution in [-0.4, -0.2) is 54.0 Å². The fraction of sp³-hybridized carbons (Fsp3) is 0.348. The number of benzene rings is 1. The summed E-state index contributed by atoms with van der Waals surface area (Å²) in [4.78, 5) is 48.9. The van der Waals surface area contributed by atoms with Crippen molar-refractivity contribution >= 4 is 50.3 Å². The van der Waals surface area contributed by atoms with E-state index in [0.29, 0.717) is 43.2 Å². The minimum atomic E-state index is -0.519. The number of amides is 2. The summed E-state index contributed by atoms with van der Waals surface area (Å²) in [5.74, 6) is -0.704. The maximum Gasteiger partial charge on any atom is 0.309 e. The van der Waals surface area contributed by atoms with Crippen LogP contribution in [0.1, 0.15) is 30.1 Å². The van der Waals surface area contributed by atoms with Crippen molar-refractivity contribution in [1.29, 1.82) is 0 Å². The third-order valence-corrected chi connectivity index (χ3v) is 6.71. The molecule has 3 heterocycles. The molecule has 0 unspecified atom stereocenters. The van der Waals surface area contributed by atoms with Crippen LogP contribution < -0.4 is 15.5 Å². The van der Waals surface area contributed by atoms with Crippen molar-refractivity contribution in [3.8, 4) is 0 Å². The molecule has 0 bridgehead atoms. The topological polar surface area (TPSA) is 119 Å². The van der Waals surface area contributed by atoms with Crippen molar-refractivity contribution in [3.63, 3.8) is 0 Å². The maximum atomic E-state index is 12.7. The third-order valence-electron chi connectivity index (χ3n) is 5.65. The smallest absolute Gasteiger partial charge is 0.309 e. The molecule has 4 rings (SSSR count). The molecule has 0 atom stereocenters. The zero-order chi connectivity index (χ0) is 23.4. The van der Waals surface area contributed by atoms with Crippen molar-refractivity contribution in [2.24, 2.45) is 11.7 Å². The average molecular weight is 468 g/mol. The molecule has 2 aromatic heterocycles. The second kappa shape index (κ2) is 9.95. The van der Waals surface area contributed by atoms with E-state index >= 15 is 0 Å². The SMILES string of the molecule is CCN(C(=O)COC(=O)C1CCN(c2ccc(C(N)=O)cn2)CC1)c1nc2ccccc2s1. The number of pyridine rings is 1. The minimum Gasteiger partial charge on any atom is -0.455 e. The molecule has 0 radical (unpaired) electrons. The van der Waals surface area contributed by atoms with Crippen molar-refractivity contribution in [3.05, 3.63) is 48.2 Å². The van der Waals surface area contributed by atoms with Gasteiger partial charge in [-0.05, 0) is 44.0 Å². The molecule has 3 aromatic rings. The van der Waals surface area contributed by atoms with Gasteiger partial charge in [-0.2, -0.15) is 0 Å². The summed E-state index contributed by atoms with van der Waals surface area (Å²) in [5, 5.41) is 0.600. The first-order valence-corrected chi connectivity index (χ1v) is 11.6. The number of hydrogen-bond donors (Lipinski definition) is 1. The fourth-order valence-corrected chi connectivity index (χ4v) is 4.83. The van der Waals surface area contributed by atoms with Crippen LogP contribution in [0.3, 0.4) is 0 Å². The Hall–Kier alpha value is -3.53. The number of aromatic nitrogens is 2. The first-order chi connectivity index (χ1) is 16.0. The lowest BCUT2D eigenvalue weighted by atomic mass is 9.97. The molecule has 1 aromatic carbocycles. The zero-order valence-electron chi connectivity index (χ0n) is 18.3. The number of anilines is 2. The minimum absolute atomic E-state index is 0.267. The Morgan fingerprint density at radius 3 is 2.58 bits per heavy atom. The molecule has 0 saturated carbocycles. The van der Waals surface area contributed by atoms with Gasteiger partial charge in [0, 0.05) is 25.8 Å². The molecule has 1 aliphatic heterocycles. The standard InChI is InChI=1S/C23H25N5O4S/c1-2-28(23-26-17-5-3-4-6-18(17)33-23)20(29)14-32-22(31)15-9-11-27(12-10-15)19-8-7-16(13-25-19)21(24)30/h3-8,13,15H,2,9-12,14H2,1H3,(H2,24,30). The fourth-order valence-electron chi connectivity index (χ4n) is 3.79. The Labute approximate surface area is 195 Å². The first kappa shape index (κ1) is 22.7. The van der Waals surface area contributed by atoms with E-state index in [4.69, 9.17) is 10.5 Å². The molecule has 33 heavy (non-hydrogen) atoms. The molecule has 2 amide bonds. The van der Waals surface area contributed by atoms with Gasteiger partial charge in [-0.15, -0.1) is 0 Å². The quantitative estimate of drug-likeness (QED) is 0.531. The largest absolute Gasteiger partial charge is 0.455 e. The van der Waals surface area contributed by atoms with E-state index in [1.807, 2.05) is 36.1 Å². The number of hydrogen-bond acceptors (Lipinski definition) is 8. The van der Waals surface area contributed by atoms with Crippen LogP contribution in [0, 0.1) is 5.92 Å². The molecular formula is C23H25N5O4S. The van der Waals surface area contributed by atoms with Crippen LogP contribution in [0.5, 0.6) is 0 Å². The number of carbonyl (C=O) groups excluding carboxylic acids is 3. The monoisotopic (exact) mass is 467 g/mol. The summed E-state index contributed by atoms with van der Waals surface area (Å²) in [5.41, 5.74) is 6.44. The molecule has 9 nitrogen and oxygen atoms in total. The molecule has 1 aliphatic rings. The van der Waals surface area contributed by atoms with E-state index in [1.165, 1.54) is 17.5 Å². The zero-order valence-corrected chi connectivity index (χ0v) is 19.1. The van der Waals surface area contributed by atoms with Crippen molar-refractivity contribution < 1.29 is 19.1 Å². The molecule has 2 N–H and O–H groups in total. The number of nitrogens with zero attached hydrogens (tertiary/aromatic N) is 4. The highest BCUT2D eigenvalue weighted by atomic mass is 32.1. The van der Waals surface area contributed by atoms with E-state index in [2.05, 4.69) is 9.97 Å². The van der Waals surface area contributed by atoms with Crippen molar-refractivity contribution in [1.82, 2.24) is 9.97 Å². The van der Waals surface area contributed by atoms with E-state index < -0.39 is 5.91 Å². The summed E-state index contributed by atoms with van der Waals surface area (Å²) in [6, 6.07) is 11.1. The number of thiazole rings is 1. The van der Waals surface area contributed by atoms with Crippen LogP contribution in [0.15, 0.2) is 42.6 Å². The number of carbonyl (C=O) groups is 3. The summed E-state index contributed by atoms with van der Waals surface area (Å²) in [6.07, 6.45) is 2.65. The summed E-state index contributed by atoms with van der Waals surface area (Å²) in [7, 11) is 0. The van der Waals surface area contributed by atoms with Crippen LogP contribution in [0.2, 0.25) is 0 Å². The van der Waals surface area contributed by atoms with Gasteiger partial charge in [-0.1, -0.05) is 23.5 Å². The van der Waals surface area contributed by atoms with Gasteiger partial charge in [0.15, 0.2) is 11.7 Å². The van der Waals surface area contributed by atoms with Gasteiger partial charge in [0.2, 0.25) is 5.91 Å². The highest BCUT2D eigenvalue weighted by Crippen LogP contribution is 2.29. The number of para-hydroxylation sites is 1. The number of ether oxygens (including phenoxy) is 1. The Balaban J connectivity index is 1.28. The van der Waals surface area contributed by atoms with E-state index in [-0.39, 0.29) is 24.4 Å². The summed E-state index contributed by atoms with van der Waals surface area (Å²) >= 11 is 1.44. The second-order valence-electron chi connectivity index (χ2n) is 7.74. The Morgan fingerprint density at radius 1 is 1.18 bits per heavy atom. The Bertz CT molecular complexity index is 1120. The lowest BCUT2D eigenvalue weighted by molar-refractivity contribution is -0.152. The average Bonchev–Trinajstić information content (AvgIpc) is 3.27. The number of rotatable bonds is 7. The maximum absolute atomic E-state index is 12.7. The van der Waals surface area contributed by atoms with Gasteiger partial charge in [-0.25, -0.2) is 9.97 Å².